The van der Waals surface area contributed by atoms with Crippen LogP contribution in [-0.4, -0.2) is 17.9 Å². The van der Waals surface area contributed by atoms with E-state index in [1.165, 1.54) is 0 Å². The van der Waals surface area contributed by atoms with Crippen LogP contribution >= 0.6 is 15.9 Å². The van der Waals surface area contributed by atoms with Crippen LogP contribution in [-0.2, 0) is 9.59 Å². The molecule has 4 nitrogen and oxygen atoms in total. The maximum atomic E-state index is 11.5. The minimum atomic E-state index is -0.652. The molecule has 92 valence electrons. The highest BCUT2D eigenvalue weighted by Crippen LogP contribution is 2.19. The number of amides is 2. The summed E-state index contributed by atoms with van der Waals surface area (Å²) < 4.78 is 0.960. The summed E-state index contributed by atoms with van der Waals surface area (Å²) in [6.45, 7) is 5.51. The average molecular weight is 299 g/mol. The smallest absolute Gasteiger partial charge is 0.313 e. The highest BCUT2D eigenvalue weighted by Gasteiger charge is 2.14. The van der Waals surface area contributed by atoms with Crippen molar-refractivity contribution < 1.29 is 9.59 Å². The van der Waals surface area contributed by atoms with E-state index >= 15 is 0 Å². The van der Waals surface area contributed by atoms with Gasteiger partial charge in [-0.1, -0.05) is 15.9 Å². The number of hydrogen-bond acceptors (Lipinski definition) is 2. The third-order valence-electron chi connectivity index (χ3n) is 2.04. The van der Waals surface area contributed by atoms with Crippen LogP contribution in [0.15, 0.2) is 22.7 Å². The van der Waals surface area contributed by atoms with Crippen molar-refractivity contribution in [2.75, 3.05) is 5.32 Å². The van der Waals surface area contributed by atoms with Gasteiger partial charge in [0.05, 0.1) is 0 Å². The fourth-order valence-electron chi connectivity index (χ4n) is 1.24. The maximum Gasteiger partial charge on any atom is 0.313 e. The summed E-state index contributed by atoms with van der Waals surface area (Å²) in [7, 11) is 0. The standard InChI is InChI=1S/C12H15BrN2O2/c1-7(2)14-11(16)12(17)15-9-4-5-10(13)8(3)6-9/h4-7H,1-3H3,(H,14,16)(H,15,17). The highest BCUT2D eigenvalue weighted by atomic mass is 79.9. The molecule has 0 spiro atoms. The second kappa shape index (κ2) is 5.82. The van der Waals surface area contributed by atoms with Gasteiger partial charge in [0.15, 0.2) is 0 Å². The van der Waals surface area contributed by atoms with Gasteiger partial charge in [-0.15, -0.1) is 0 Å². The van der Waals surface area contributed by atoms with Gasteiger partial charge < -0.3 is 10.6 Å². The van der Waals surface area contributed by atoms with Crippen LogP contribution in [0.5, 0.6) is 0 Å². The van der Waals surface area contributed by atoms with E-state index in [0.717, 1.165) is 10.0 Å². The zero-order chi connectivity index (χ0) is 13.0. The number of carbonyl (C=O) groups is 2. The second-order valence-corrected chi connectivity index (χ2v) is 4.90. The van der Waals surface area contributed by atoms with Crippen LogP contribution in [0.4, 0.5) is 5.69 Å². The van der Waals surface area contributed by atoms with E-state index in [4.69, 9.17) is 0 Å². The van der Waals surface area contributed by atoms with Gasteiger partial charge in [-0.25, -0.2) is 0 Å². The van der Waals surface area contributed by atoms with E-state index in [1.807, 2.05) is 13.0 Å². The summed E-state index contributed by atoms with van der Waals surface area (Å²) >= 11 is 3.37. The number of aryl methyl sites for hydroxylation is 1. The third-order valence-corrected chi connectivity index (χ3v) is 2.93. The van der Waals surface area contributed by atoms with Gasteiger partial charge in [-0.2, -0.15) is 0 Å². The lowest BCUT2D eigenvalue weighted by Crippen LogP contribution is -2.39. The average Bonchev–Trinajstić information content (AvgIpc) is 2.22. The lowest BCUT2D eigenvalue weighted by atomic mass is 10.2. The lowest BCUT2D eigenvalue weighted by molar-refractivity contribution is -0.136. The summed E-state index contributed by atoms with van der Waals surface area (Å²) in [5, 5.41) is 5.07. The van der Waals surface area contributed by atoms with Crippen LogP contribution in [0.3, 0.4) is 0 Å². The number of halogens is 1. The summed E-state index contributed by atoms with van der Waals surface area (Å²) in [4.78, 5) is 22.9. The predicted octanol–water partition coefficient (Wildman–Crippen LogP) is 2.22. The monoisotopic (exact) mass is 298 g/mol. The SMILES string of the molecule is Cc1cc(NC(=O)C(=O)NC(C)C)ccc1Br. The van der Waals surface area contributed by atoms with Crippen LogP contribution < -0.4 is 10.6 Å². The van der Waals surface area contributed by atoms with Crippen molar-refractivity contribution >= 4 is 33.4 Å². The Labute approximate surface area is 109 Å². The van der Waals surface area contributed by atoms with Crippen LogP contribution in [0.25, 0.3) is 0 Å². The van der Waals surface area contributed by atoms with Crippen molar-refractivity contribution in [3.8, 4) is 0 Å². The van der Waals surface area contributed by atoms with Crippen molar-refractivity contribution in [3.05, 3.63) is 28.2 Å². The molecule has 0 radical (unpaired) electrons. The van der Waals surface area contributed by atoms with Gasteiger partial charge >= 0.3 is 11.8 Å². The third kappa shape index (κ3) is 4.19. The minimum absolute atomic E-state index is 0.0556. The minimum Gasteiger partial charge on any atom is -0.346 e. The van der Waals surface area contributed by atoms with E-state index in [0.29, 0.717) is 5.69 Å². The van der Waals surface area contributed by atoms with E-state index in [1.54, 1.807) is 26.0 Å². The molecule has 0 aliphatic heterocycles. The second-order valence-electron chi connectivity index (χ2n) is 4.05. The molecule has 0 unspecified atom stereocenters. The Hall–Kier alpha value is -1.36. The fraction of sp³-hybridized carbons (Fsp3) is 0.333. The number of nitrogens with one attached hydrogen (secondary N) is 2. The molecule has 0 bridgehead atoms. The molecule has 5 heteroatoms. The van der Waals surface area contributed by atoms with E-state index in [2.05, 4.69) is 26.6 Å². The zero-order valence-corrected chi connectivity index (χ0v) is 11.6. The van der Waals surface area contributed by atoms with E-state index in [-0.39, 0.29) is 6.04 Å². The number of anilines is 1. The quantitative estimate of drug-likeness (QED) is 0.823. The number of benzene rings is 1. The van der Waals surface area contributed by atoms with Gasteiger partial charge in [0.25, 0.3) is 0 Å². The normalized spacial score (nSPS) is 10.2. The van der Waals surface area contributed by atoms with Crippen LogP contribution in [0.2, 0.25) is 0 Å². The Morgan fingerprint density at radius 1 is 1.24 bits per heavy atom. The molecule has 1 aromatic carbocycles. The molecule has 0 aliphatic carbocycles. The summed E-state index contributed by atoms with van der Waals surface area (Å²) in [5.74, 6) is -1.28. The highest BCUT2D eigenvalue weighted by molar-refractivity contribution is 9.10. The van der Waals surface area contributed by atoms with Crippen LogP contribution in [0.1, 0.15) is 19.4 Å². The molecule has 1 aromatic rings. The molecule has 1 rings (SSSR count). The number of carbonyl (C=O) groups excluding carboxylic acids is 2. The van der Waals surface area contributed by atoms with Crippen LogP contribution in [0, 0.1) is 6.92 Å². The van der Waals surface area contributed by atoms with Gasteiger partial charge in [0.2, 0.25) is 0 Å². The molecule has 2 N–H and O–H groups in total. The van der Waals surface area contributed by atoms with E-state index in [9.17, 15) is 9.59 Å². The first-order valence-electron chi connectivity index (χ1n) is 5.28. The zero-order valence-electron chi connectivity index (χ0n) is 10.0. The first-order valence-corrected chi connectivity index (χ1v) is 6.07. The van der Waals surface area contributed by atoms with Crippen molar-refractivity contribution in [1.29, 1.82) is 0 Å². The Kier molecular flexibility index (Phi) is 4.69. The fourth-order valence-corrected chi connectivity index (χ4v) is 1.48. The van der Waals surface area contributed by atoms with Gasteiger partial charge in [0.1, 0.15) is 0 Å². The van der Waals surface area contributed by atoms with Gasteiger partial charge in [-0.3, -0.25) is 9.59 Å². The molecule has 17 heavy (non-hydrogen) atoms. The summed E-state index contributed by atoms with van der Waals surface area (Å²) in [6, 6.07) is 5.30. The van der Waals surface area contributed by atoms with Gasteiger partial charge in [0, 0.05) is 16.2 Å². The molecular weight excluding hydrogens is 284 g/mol. The maximum absolute atomic E-state index is 11.5. The first kappa shape index (κ1) is 13.7. The van der Waals surface area contributed by atoms with Crippen molar-refractivity contribution in [2.45, 2.75) is 26.8 Å². The van der Waals surface area contributed by atoms with E-state index < -0.39 is 11.8 Å². The van der Waals surface area contributed by atoms with Crippen molar-refractivity contribution in [1.82, 2.24) is 5.32 Å². The Morgan fingerprint density at radius 2 is 1.88 bits per heavy atom. The van der Waals surface area contributed by atoms with Crippen molar-refractivity contribution in [2.24, 2.45) is 0 Å². The molecule has 0 aliphatic rings. The Morgan fingerprint density at radius 3 is 2.41 bits per heavy atom. The Bertz CT molecular complexity index is 444. The number of rotatable bonds is 2. The molecule has 0 heterocycles. The predicted molar refractivity (Wildman–Crippen MR) is 70.8 cm³/mol. The van der Waals surface area contributed by atoms with Crippen molar-refractivity contribution in [3.63, 3.8) is 0 Å². The summed E-state index contributed by atoms with van der Waals surface area (Å²) in [5.41, 5.74) is 1.60. The largest absolute Gasteiger partial charge is 0.346 e. The molecule has 0 saturated carbocycles. The topological polar surface area (TPSA) is 58.2 Å². The summed E-state index contributed by atoms with van der Waals surface area (Å²) in [6.07, 6.45) is 0. The molecule has 0 saturated heterocycles. The Balaban J connectivity index is 2.68. The molecule has 0 atom stereocenters. The lowest BCUT2D eigenvalue weighted by Gasteiger charge is -2.09. The number of hydrogen-bond donors (Lipinski definition) is 2. The van der Waals surface area contributed by atoms with Gasteiger partial charge in [-0.05, 0) is 44.5 Å². The molecule has 0 fully saturated rings. The first-order chi connectivity index (χ1) is 7.90. The molecule has 2 amide bonds. The molecule has 0 aromatic heterocycles. The molecular formula is C12H15BrN2O2.